The Labute approximate surface area is 110 Å². The first-order valence-corrected chi connectivity index (χ1v) is 5.20. The third kappa shape index (κ3) is 3.69. The fraction of sp³-hybridized carbons (Fsp3) is 0.273. The zero-order chi connectivity index (χ0) is 12.3. The van der Waals surface area contributed by atoms with Crippen LogP contribution < -0.4 is 10.6 Å². The van der Waals surface area contributed by atoms with Crippen molar-refractivity contribution in [3.63, 3.8) is 0 Å². The lowest BCUT2D eigenvalue weighted by Crippen LogP contribution is -2.44. The van der Waals surface area contributed by atoms with Gasteiger partial charge < -0.3 is 15.5 Å². The summed E-state index contributed by atoms with van der Waals surface area (Å²) in [4.78, 5) is 14.8. The molecular weight excluding hydrogens is 258 g/mol. The highest BCUT2D eigenvalue weighted by molar-refractivity contribution is 5.88. The summed E-state index contributed by atoms with van der Waals surface area (Å²) in [5, 5.41) is 24.0. The van der Waals surface area contributed by atoms with Crippen LogP contribution in [-0.4, -0.2) is 41.3 Å². The minimum Gasteiger partial charge on any atom is -0.478 e. The third-order valence-corrected chi connectivity index (χ3v) is 2.34. The van der Waals surface area contributed by atoms with Crippen LogP contribution in [0.1, 0.15) is 10.4 Å². The number of hydrogen-bond acceptors (Lipinski definition) is 5. The van der Waals surface area contributed by atoms with Crippen LogP contribution in [0.2, 0.25) is 0 Å². The molecule has 7 heteroatoms. The molecule has 1 aromatic carbocycles. The number of benzene rings is 1. The Morgan fingerprint density at radius 1 is 1.50 bits per heavy atom. The molecule has 4 N–H and O–H groups in total. The van der Waals surface area contributed by atoms with E-state index >= 15 is 0 Å². The van der Waals surface area contributed by atoms with Gasteiger partial charge in [0.1, 0.15) is 6.10 Å². The number of carboxylic acids is 1. The summed E-state index contributed by atoms with van der Waals surface area (Å²) in [6.07, 6.45) is 0.538. The fourth-order valence-electron chi connectivity index (χ4n) is 1.51. The Morgan fingerprint density at radius 2 is 2.28 bits per heavy atom. The van der Waals surface area contributed by atoms with Crippen molar-refractivity contribution in [3.05, 3.63) is 29.8 Å². The molecule has 2 rings (SSSR count). The van der Waals surface area contributed by atoms with Crippen molar-refractivity contribution in [2.45, 2.75) is 12.4 Å². The van der Waals surface area contributed by atoms with E-state index in [9.17, 15) is 9.90 Å². The second-order valence-electron chi connectivity index (χ2n) is 3.71. The Morgan fingerprint density at radius 3 is 2.89 bits per heavy atom. The van der Waals surface area contributed by atoms with Crippen molar-refractivity contribution >= 4 is 30.3 Å². The Kier molecular flexibility index (Phi) is 5.08. The van der Waals surface area contributed by atoms with Gasteiger partial charge in [-0.3, -0.25) is 10.3 Å². The van der Waals surface area contributed by atoms with Crippen LogP contribution >= 0.6 is 12.4 Å². The van der Waals surface area contributed by atoms with E-state index in [1.54, 1.807) is 12.1 Å². The minimum absolute atomic E-state index is 0. The van der Waals surface area contributed by atoms with E-state index in [1.165, 1.54) is 18.3 Å². The quantitative estimate of drug-likeness (QED) is 0.644. The molecule has 6 nitrogen and oxygen atoms in total. The van der Waals surface area contributed by atoms with E-state index in [-0.39, 0.29) is 24.3 Å². The maximum Gasteiger partial charge on any atom is 0.335 e. The second kappa shape index (κ2) is 6.34. The van der Waals surface area contributed by atoms with E-state index < -0.39 is 12.1 Å². The maximum atomic E-state index is 10.8. The Bertz CT molecular complexity index is 453. The Hall–Kier alpha value is -1.63. The number of hydrogen-bond donors (Lipinski definition) is 4. The summed E-state index contributed by atoms with van der Waals surface area (Å²) >= 11 is 0. The van der Waals surface area contributed by atoms with Gasteiger partial charge in [-0.1, -0.05) is 6.07 Å². The minimum atomic E-state index is -0.968. The third-order valence-electron chi connectivity index (χ3n) is 2.34. The molecule has 0 saturated carbocycles. The lowest BCUT2D eigenvalue weighted by molar-refractivity contribution is 0.0697. The molecule has 1 aliphatic rings. The molecular formula is C11H14ClN3O3. The summed E-state index contributed by atoms with van der Waals surface area (Å²) in [7, 11) is 0. The van der Waals surface area contributed by atoms with Crippen LogP contribution in [0.3, 0.4) is 0 Å². The van der Waals surface area contributed by atoms with Gasteiger partial charge in [0.2, 0.25) is 0 Å². The number of halogens is 1. The summed E-state index contributed by atoms with van der Waals surface area (Å²) in [6, 6.07) is 6.47. The van der Waals surface area contributed by atoms with Crippen molar-refractivity contribution < 1.29 is 15.0 Å². The van der Waals surface area contributed by atoms with Gasteiger partial charge >= 0.3 is 5.97 Å². The van der Waals surface area contributed by atoms with Gasteiger partial charge in [-0.2, -0.15) is 0 Å². The van der Waals surface area contributed by atoms with Crippen LogP contribution in [0, 0.1) is 0 Å². The van der Waals surface area contributed by atoms with Gasteiger partial charge in [0.25, 0.3) is 0 Å². The van der Waals surface area contributed by atoms with Crippen molar-refractivity contribution in [3.8, 4) is 0 Å². The molecule has 1 aromatic rings. The van der Waals surface area contributed by atoms with E-state index in [4.69, 9.17) is 5.11 Å². The number of aliphatic imine (C=N–C) groups is 1. The van der Waals surface area contributed by atoms with Crippen molar-refractivity contribution in [1.82, 2.24) is 5.32 Å². The van der Waals surface area contributed by atoms with Crippen molar-refractivity contribution in [2.75, 3.05) is 11.9 Å². The number of β-amino-alcohol motifs (C(OH)–C–C–N with tert-alkyl or cyclic N) is 1. The summed E-state index contributed by atoms with van der Waals surface area (Å²) < 4.78 is 0. The highest BCUT2D eigenvalue weighted by atomic mass is 35.5. The average molecular weight is 272 g/mol. The van der Waals surface area contributed by atoms with E-state index in [2.05, 4.69) is 15.6 Å². The van der Waals surface area contributed by atoms with Gasteiger partial charge in [-0.25, -0.2) is 4.79 Å². The zero-order valence-corrected chi connectivity index (χ0v) is 10.2. The predicted octanol–water partition coefficient (Wildman–Crippen LogP) is 0.537. The van der Waals surface area contributed by atoms with Crippen molar-refractivity contribution in [2.24, 2.45) is 4.99 Å². The van der Waals surface area contributed by atoms with Gasteiger partial charge in [-0.05, 0) is 18.2 Å². The van der Waals surface area contributed by atoms with Gasteiger partial charge in [0.15, 0.2) is 6.29 Å². The van der Waals surface area contributed by atoms with E-state index in [0.29, 0.717) is 12.2 Å². The monoisotopic (exact) mass is 271 g/mol. The summed E-state index contributed by atoms with van der Waals surface area (Å²) in [5.74, 6) is -0.968. The molecule has 0 radical (unpaired) electrons. The molecule has 0 amide bonds. The molecule has 0 fully saturated rings. The topological polar surface area (TPSA) is 94.0 Å². The highest BCUT2D eigenvalue weighted by Crippen LogP contribution is 2.12. The number of aliphatic hydroxyl groups is 1. The molecule has 2 unspecified atom stereocenters. The zero-order valence-electron chi connectivity index (χ0n) is 9.41. The van der Waals surface area contributed by atoms with E-state index in [1.807, 2.05) is 0 Å². The number of aromatic carboxylic acids is 1. The highest BCUT2D eigenvalue weighted by Gasteiger charge is 2.13. The smallest absolute Gasteiger partial charge is 0.335 e. The lowest BCUT2D eigenvalue weighted by Gasteiger charge is -2.22. The lowest BCUT2D eigenvalue weighted by atomic mass is 10.2. The van der Waals surface area contributed by atoms with Crippen molar-refractivity contribution in [1.29, 1.82) is 0 Å². The largest absolute Gasteiger partial charge is 0.478 e. The first kappa shape index (κ1) is 14.4. The maximum absolute atomic E-state index is 10.8. The van der Waals surface area contributed by atoms with Crippen LogP contribution in [-0.2, 0) is 0 Å². The van der Waals surface area contributed by atoms with Crippen LogP contribution in [0.5, 0.6) is 0 Å². The number of rotatable bonds is 3. The molecule has 0 bridgehead atoms. The standard InChI is InChI=1S/C11H13N3O3.ClH/c15-9-5-12-11(13-6-9)14-8-3-1-2-7(4-8)10(16)17;/h1-5,9,11,13-15H,6H2,(H,16,17);1H. The molecule has 1 aliphatic heterocycles. The van der Waals surface area contributed by atoms with E-state index in [0.717, 1.165) is 0 Å². The molecule has 0 spiro atoms. The molecule has 1 heterocycles. The second-order valence-corrected chi connectivity index (χ2v) is 3.71. The Balaban J connectivity index is 0.00000162. The predicted molar refractivity (Wildman–Crippen MR) is 70.6 cm³/mol. The summed E-state index contributed by atoms with van der Waals surface area (Å²) in [5.41, 5.74) is 0.880. The van der Waals surface area contributed by atoms with Gasteiger partial charge in [0, 0.05) is 18.4 Å². The molecule has 98 valence electrons. The number of aliphatic hydroxyl groups excluding tert-OH is 1. The molecule has 0 aliphatic carbocycles. The first-order chi connectivity index (χ1) is 8.15. The number of nitrogens with zero attached hydrogens (tertiary/aromatic N) is 1. The molecule has 18 heavy (non-hydrogen) atoms. The van der Waals surface area contributed by atoms with Crippen LogP contribution in [0.15, 0.2) is 29.3 Å². The van der Waals surface area contributed by atoms with Crippen LogP contribution in [0.25, 0.3) is 0 Å². The molecule has 2 atom stereocenters. The molecule has 0 aromatic heterocycles. The first-order valence-electron chi connectivity index (χ1n) is 5.20. The average Bonchev–Trinajstić information content (AvgIpc) is 2.32. The SMILES string of the molecule is Cl.O=C(O)c1cccc(NC2N=CC(O)CN2)c1. The summed E-state index contributed by atoms with van der Waals surface area (Å²) in [6.45, 7) is 0.416. The van der Waals surface area contributed by atoms with Gasteiger partial charge in [0.05, 0.1) is 5.56 Å². The number of carboxylic acid groups (broad SMARTS) is 1. The fourth-order valence-corrected chi connectivity index (χ4v) is 1.51. The normalized spacial score (nSPS) is 22.1. The number of carbonyl (C=O) groups is 1. The number of anilines is 1. The van der Waals surface area contributed by atoms with Gasteiger partial charge in [-0.15, -0.1) is 12.4 Å². The molecule has 0 saturated heterocycles. The number of nitrogens with one attached hydrogen (secondary N) is 2. The van der Waals surface area contributed by atoms with Crippen LogP contribution in [0.4, 0.5) is 5.69 Å².